The molecule has 86 valence electrons. The number of rotatable bonds is 3. The van der Waals surface area contributed by atoms with Gasteiger partial charge in [0.15, 0.2) is 0 Å². The third-order valence-electron chi connectivity index (χ3n) is 2.37. The molecule has 3 heteroatoms. The number of carbonyl (C=O) groups is 1. The van der Waals surface area contributed by atoms with Gasteiger partial charge < -0.3 is 4.74 Å². The van der Waals surface area contributed by atoms with Crippen LogP contribution in [0.1, 0.15) is 15.9 Å². The second kappa shape index (κ2) is 5.15. The second-order valence-electron chi connectivity index (χ2n) is 3.70. The molecule has 0 aliphatic carbocycles. The standard InChI is InChI=1S/C14H11BrO2/c1-10-5-6-11(9-16)7-14(10)17-13-4-2-3-12(15)8-13/h2-9H,1H3. The minimum Gasteiger partial charge on any atom is -0.457 e. The highest BCUT2D eigenvalue weighted by atomic mass is 79.9. The predicted molar refractivity (Wildman–Crippen MR) is 70.8 cm³/mol. The number of benzene rings is 2. The molecule has 0 aliphatic heterocycles. The van der Waals surface area contributed by atoms with E-state index in [0.717, 1.165) is 22.1 Å². The Bertz CT molecular complexity index is 550. The summed E-state index contributed by atoms with van der Waals surface area (Å²) in [6, 6.07) is 13.0. The summed E-state index contributed by atoms with van der Waals surface area (Å²) >= 11 is 3.39. The van der Waals surface area contributed by atoms with Gasteiger partial charge in [-0.05, 0) is 36.8 Å². The van der Waals surface area contributed by atoms with Gasteiger partial charge in [-0.15, -0.1) is 0 Å². The molecule has 0 spiro atoms. The van der Waals surface area contributed by atoms with Crippen molar-refractivity contribution in [2.24, 2.45) is 0 Å². The van der Waals surface area contributed by atoms with Crippen LogP contribution in [0.3, 0.4) is 0 Å². The highest BCUT2D eigenvalue weighted by Crippen LogP contribution is 2.27. The normalized spacial score (nSPS) is 10.0. The predicted octanol–water partition coefficient (Wildman–Crippen LogP) is 4.36. The van der Waals surface area contributed by atoms with Crippen LogP contribution < -0.4 is 4.74 Å². The molecule has 0 N–H and O–H groups in total. The number of hydrogen-bond donors (Lipinski definition) is 0. The molecule has 17 heavy (non-hydrogen) atoms. The zero-order valence-electron chi connectivity index (χ0n) is 9.31. The maximum Gasteiger partial charge on any atom is 0.150 e. The average Bonchev–Trinajstić information content (AvgIpc) is 2.32. The van der Waals surface area contributed by atoms with Crippen LogP contribution in [0.15, 0.2) is 46.9 Å². The Morgan fingerprint density at radius 1 is 1.18 bits per heavy atom. The molecule has 0 saturated carbocycles. The summed E-state index contributed by atoms with van der Waals surface area (Å²) < 4.78 is 6.70. The Hall–Kier alpha value is -1.61. The highest BCUT2D eigenvalue weighted by molar-refractivity contribution is 9.10. The van der Waals surface area contributed by atoms with Crippen LogP contribution in [-0.4, -0.2) is 6.29 Å². The molecule has 0 amide bonds. The van der Waals surface area contributed by atoms with Gasteiger partial charge in [-0.3, -0.25) is 4.79 Å². The summed E-state index contributed by atoms with van der Waals surface area (Å²) in [5.74, 6) is 1.44. The Balaban J connectivity index is 2.32. The molecule has 2 aromatic carbocycles. The third-order valence-corrected chi connectivity index (χ3v) is 2.87. The zero-order valence-corrected chi connectivity index (χ0v) is 10.9. The van der Waals surface area contributed by atoms with E-state index in [1.165, 1.54) is 0 Å². The van der Waals surface area contributed by atoms with E-state index in [-0.39, 0.29) is 0 Å². The lowest BCUT2D eigenvalue weighted by atomic mass is 10.1. The lowest BCUT2D eigenvalue weighted by Crippen LogP contribution is -1.89. The van der Waals surface area contributed by atoms with Crippen molar-refractivity contribution in [3.05, 3.63) is 58.1 Å². The first-order valence-electron chi connectivity index (χ1n) is 5.18. The van der Waals surface area contributed by atoms with Crippen molar-refractivity contribution in [1.82, 2.24) is 0 Å². The largest absolute Gasteiger partial charge is 0.457 e. The van der Waals surface area contributed by atoms with Crippen LogP contribution in [-0.2, 0) is 0 Å². The van der Waals surface area contributed by atoms with Gasteiger partial charge in [0.25, 0.3) is 0 Å². The molecule has 0 aromatic heterocycles. The lowest BCUT2D eigenvalue weighted by molar-refractivity contribution is 0.112. The molecule has 2 nitrogen and oxygen atoms in total. The Morgan fingerprint density at radius 3 is 2.71 bits per heavy atom. The van der Waals surface area contributed by atoms with Crippen LogP contribution in [0.25, 0.3) is 0 Å². The molecule has 0 saturated heterocycles. The number of halogens is 1. The van der Waals surface area contributed by atoms with Crippen molar-refractivity contribution in [1.29, 1.82) is 0 Å². The van der Waals surface area contributed by atoms with Gasteiger partial charge in [0.05, 0.1) is 0 Å². The molecule has 0 aliphatic rings. The minimum atomic E-state index is 0.612. The molecule has 2 rings (SSSR count). The molecule has 0 heterocycles. The first-order valence-corrected chi connectivity index (χ1v) is 5.97. The molecule has 0 unspecified atom stereocenters. The van der Waals surface area contributed by atoms with Gasteiger partial charge in [-0.25, -0.2) is 0 Å². The SMILES string of the molecule is Cc1ccc(C=O)cc1Oc1cccc(Br)c1. The summed E-state index contributed by atoms with van der Waals surface area (Å²) in [7, 11) is 0. The quantitative estimate of drug-likeness (QED) is 0.785. The Morgan fingerprint density at radius 2 is 2.00 bits per heavy atom. The van der Waals surface area contributed by atoms with Gasteiger partial charge in [-0.2, -0.15) is 0 Å². The average molecular weight is 291 g/mol. The first kappa shape index (κ1) is 11.9. The molecular formula is C14H11BrO2. The van der Waals surface area contributed by atoms with E-state index in [2.05, 4.69) is 15.9 Å². The first-order chi connectivity index (χ1) is 8.19. The molecule has 0 atom stereocenters. The summed E-state index contributed by atoms with van der Waals surface area (Å²) in [5, 5.41) is 0. The van der Waals surface area contributed by atoms with E-state index in [9.17, 15) is 4.79 Å². The maximum atomic E-state index is 10.7. The van der Waals surface area contributed by atoms with E-state index in [1.54, 1.807) is 12.1 Å². The van der Waals surface area contributed by atoms with Crippen LogP contribution >= 0.6 is 15.9 Å². The van der Waals surface area contributed by atoms with Crippen molar-refractivity contribution in [2.45, 2.75) is 6.92 Å². The summed E-state index contributed by atoms with van der Waals surface area (Å²) in [5.41, 5.74) is 1.61. The fourth-order valence-electron chi connectivity index (χ4n) is 1.46. The number of aryl methyl sites for hydroxylation is 1. The van der Waals surface area contributed by atoms with Crippen molar-refractivity contribution in [3.63, 3.8) is 0 Å². The van der Waals surface area contributed by atoms with Crippen LogP contribution in [0.2, 0.25) is 0 Å². The number of hydrogen-bond acceptors (Lipinski definition) is 2. The topological polar surface area (TPSA) is 26.3 Å². The Kier molecular flexibility index (Phi) is 3.59. The highest BCUT2D eigenvalue weighted by Gasteiger charge is 2.03. The maximum absolute atomic E-state index is 10.7. The van der Waals surface area contributed by atoms with Crippen LogP contribution in [0.5, 0.6) is 11.5 Å². The summed E-state index contributed by atoms with van der Waals surface area (Å²) in [4.78, 5) is 10.7. The fraction of sp³-hybridized carbons (Fsp3) is 0.0714. The number of ether oxygens (including phenoxy) is 1. The molecule has 0 bridgehead atoms. The van der Waals surface area contributed by atoms with Gasteiger partial charge >= 0.3 is 0 Å². The van der Waals surface area contributed by atoms with E-state index in [0.29, 0.717) is 11.3 Å². The van der Waals surface area contributed by atoms with Gasteiger partial charge in [0, 0.05) is 10.0 Å². The van der Waals surface area contributed by atoms with Crippen molar-refractivity contribution < 1.29 is 9.53 Å². The van der Waals surface area contributed by atoms with Crippen molar-refractivity contribution in [2.75, 3.05) is 0 Å². The third kappa shape index (κ3) is 2.94. The van der Waals surface area contributed by atoms with E-state index >= 15 is 0 Å². The lowest BCUT2D eigenvalue weighted by Gasteiger charge is -2.09. The number of carbonyl (C=O) groups excluding carboxylic acids is 1. The van der Waals surface area contributed by atoms with Crippen molar-refractivity contribution in [3.8, 4) is 11.5 Å². The number of aldehydes is 1. The van der Waals surface area contributed by atoms with Crippen LogP contribution in [0, 0.1) is 6.92 Å². The van der Waals surface area contributed by atoms with E-state index < -0.39 is 0 Å². The monoisotopic (exact) mass is 290 g/mol. The molecule has 2 aromatic rings. The summed E-state index contributed by atoms with van der Waals surface area (Å²) in [6.45, 7) is 1.95. The molecular weight excluding hydrogens is 280 g/mol. The fourth-order valence-corrected chi connectivity index (χ4v) is 1.84. The summed E-state index contributed by atoms with van der Waals surface area (Å²) in [6.07, 6.45) is 0.813. The van der Waals surface area contributed by atoms with Gasteiger partial charge in [-0.1, -0.05) is 34.1 Å². The molecule has 0 radical (unpaired) electrons. The molecule has 0 fully saturated rings. The van der Waals surface area contributed by atoms with Gasteiger partial charge in [0.1, 0.15) is 17.8 Å². The smallest absolute Gasteiger partial charge is 0.150 e. The minimum absolute atomic E-state index is 0.612. The Labute approximate surface area is 108 Å². The van der Waals surface area contributed by atoms with Crippen LogP contribution in [0.4, 0.5) is 0 Å². The van der Waals surface area contributed by atoms with Gasteiger partial charge in [0.2, 0.25) is 0 Å². The second-order valence-corrected chi connectivity index (χ2v) is 4.62. The van der Waals surface area contributed by atoms with Crippen molar-refractivity contribution >= 4 is 22.2 Å². The van der Waals surface area contributed by atoms with E-state index in [4.69, 9.17) is 4.74 Å². The zero-order chi connectivity index (χ0) is 12.3. The van der Waals surface area contributed by atoms with E-state index in [1.807, 2.05) is 37.3 Å².